The molecule has 0 unspecified atom stereocenters. The van der Waals surface area contributed by atoms with Gasteiger partial charge in [-0.2, -0.15) is 0 Å². The summed E-state index contributed by atoms with van der Waals surface area (Å²) < 4.78 is 39.1. The van der Waals surface area contributed by atoms with Crippen LogP contribution < -0.4 is 11.1 Å². The molecule has 0 aromatic carbocycles. The average Bonchev–Trinajstić information content (AvgIpc) is 2.28. The van der Waals surface area contributed by atoms with E-state index in [-0.39, 0.29) is 11.5 Å². The summed E-state index contributed by atoms with van der Waals surface area (Å²) >= 11 is 0. The Balaban J connectivity index is 2.75. The minimum Gasteiger partial charge on any atom is -0.361 e. The molecule has 16 heavy (non-hydrogen) atoms. The van der Waals surface area contributed by atoms with Gasteiger partial charge in [-0.05, 0) is 6.42 Å². The van der Waals surface area contributed by atoms with Gasteiger partial charge in [0.05, 0.1) is 18.8 Å². The summed E-state index contributed by atoms with van der Waals surface area (Å²) in [6, 6.07) is 0. The van der Waals surface area contributed by atoms with Gasteiger partial charge in [0, 0.05) is 0 Å². The monoisotopic (exact) mass is 234 g/mol. The van der Waals surface area contributed by atoms with E-state index in [9.17, 15) is 13.2 Å². The van der Waals surface area contributed by atoms with E-state index in [1.165, 1.54) is 0 Å². The first-order chi connectivity index (χ1) is 7.50. The van der Waals surface area contributed by atoms with Crippen molar-refractivity contribution in [3.8, 4) is 0 Å². The summed E-state index contributed by atoms with van der Waals surface area (Å²) in [5.41, 5.74) is 5.04. The van der Waals surface area contributed by atoms with E-state index in [1.807, 2.05) is 0 Å². The maximum Gasteiger partial charge on any atom is 0.276 e. The van der Waals surface area contributed by atoms with Crippen LogP contribution >= 0.6 is 0 Å². The van der Waals surface area contributed by atoms with Gasteiger partial charge >= 0.3 is 0 Å². The number of alkyl halides is 2. The molecule has 7 heteroatoms. The Hall–Kier alpha value is -1.37. The lowest BCUT2D eigenvalue weighted by molar-refractivity contribution is 0.0252. The Kier molecular flexibility index (Phi) is 4.05. The van der Waals surface area contributed by atoms with Gasteiger partial charge in [0.2, 0.25) is 0 Å². The van der Waals surface area contributed by atoms with E-state index < -0.39 is 24.8 Å². The smallest absolute Gasteiger partial charge is 0.276 e. The van der Waals surface area contributed by atoms with Crippen LogP contribution in [-0.4, -0.2) is 29.0 Å². The first kappa shape index (κ1) is 12.7. The molecular formula is C9H13F3N4. The van der Waals surface area contributed by atoms with E-state index in [0.29, 0.717) is 6.42 Å². The molecule has 0 aliphatic carbocycles. The highest BCUT2D eigenvalue weighted by atomic mass is 19.3. The second kappa shape index (κ2) is 5.11. The SMILES string of the molecule is CCc1ncnc(NCC(F)(F)CN)c1F. The third-order valence-electron chi connectivity index (χ3n) is 2.01. The normalized spacial score (nSPS) is 11.6. The highest BCUT2D eigenvalue weighted by Gasteiger charge is 2.27. The predicted octanol–water partition coefficient (Wildman–Crippen LogP) is 1.18. The predicted molar refractivity (Wildman–Crippen MR) is 53.9 cm³/mol. The van der Waals surface area contributed by atoms with Crippen molar-refractivity contribution >= 4 is 5.82 Å². The lowest BCUT2D eigenvalue weighted by Crippen LogP contribution is -2.35. The van der Waals surface area contributed by atoms with Crippen LogP contribution in [0.25, 0.3) is 0 Å². The van der Waals surface area contributed by atoms with E-state index >= 15 is 0 Å². The number of aromatic nitrogens is 2. The number of rotatable bonds is 5. The lowest BCUT2D eigenvalue weighted by Gasteiger charge is -2.15. The summed E-state index contributed by atoms with van der Waals surface area (Å²) in [6.07, 6.45) is 1.50. The Morgan fingerprint density at radius 2 is 2.12 bits per heavy atom. The van der Waals surface area contributed by atoms with E-state index in [1.54, 1.807) is 6.92 Å². The molecule has 0 spiro atoms. The molecule has 0 aliphatic rings. The topological polar surface area (TPSA) is 63.8 Å². The Bertz CT molecular complexity index is 357. The van der Waals surface area contributed by atoms with E-state index in [2.05, 4.69) is 15.3 Å². The van der Waals surface area contributed by atoms with E-state index in [0.717, 1.165) is 6.33 Å². The molecule has 0 amide bonds. The van der Waals surface area contributed by atoms with Crippen molar-refractivity contribution in [2.75, 3.05) is 18.4 Å². The van der Waals surface area contributed by atoms with Crippen molar-refractivity contribution in [3.05, 3.63) is 17.8 Å². The molecule has 0 saturated heterocycles. The molecule has 0 radical (unpaired) electrons. The number of aryl methyl sites for hydroxylation is 1. The van der Waals surface area contributed by atoms with Gasteiger partial charge in [-0.3, -0.25) is 0 Å². The maximum atomic E-state index is 13.5. The highest BCUT2D eigenvalue weighted by molar-refractivity contribution is 5.37. The zero-order valence-electron chi connectivity index (χ0n) is 8.80. The number of hydrogen-bond donors (Lipinski definition) is 2. The molecule has 1 aromatic heterocycles. The number of nitrogens with zero attached hydrogens (tertiary/aromatic N) is 2. The largest absolute Gasteiger partial charge is 0.361 e. The Morgan fingerprint density at radius 3 is 2.69 bits per heavy atom. The molecule has 0 saturated carbocycles. The molecule has 0 atom stereocenters. The molecule has 1 aromatic rings. The van der Waals surface area contributed by atoms with Gasteiger partial charge in [-0.1, -0.05) is 6.92 Å². The molecule has 0 fully saturated rings. The number of nitrogens with one attached hydrogen (secondary N) is 1. The lowest BCUT2D eigenvalue weighted by atomic mass is 10.3. The molecule has 1 rings (SSSR count). The fourth-order valence-electron chi connectivity index (χ4n) is 1.06. The molecular weight excluding hydrogens is 221 g/mol. The van der Waals surface area contributed by atoms with Crippen LogP contribution in [0.1, 0.15) is 12.6 Å². The van der Waals surface area contributed by atoms with Crippen molar-refractivity contribution in [2.24, 2.45) is 5.73 Å². The second-order valence-electron chi connectivity index (χ2n) is 3.25. The first-order valence-electron chi connectivity index (χ1n) is 4.81. The van der Waals surface area contributed by atoms with Gasteiger partial charge in [0.25, 0.3) is 5.92 Å². The van der Waals surface area contributed by atoms with Gasteiger partial charge < -0.3 is 11.1 Å². The summed E-state index contributed by atoms with van der Waals surface area (Å²) in [5, 5.41) is 2.22. The summed E-state index contributed by atoms with van der Waals surface area (Å²) in [7, 11) is 0. The number of anilines is 1. The van der Waals surface area contributed by atoms with Crippen molar-refractivity contribution < 1.29 is 13.2 Å². The van der Waals surface area contributed by atoms with Gasteiger partial charge in [0.15, 0.2) is 11.6 Å². The maximum absolute atomic E-state index is 13.5. The van der Waals surface area contributed by atoms with Gasteiger partial charge in [-0.15, -0.1) is 0 Å². The van der Waals surface area contributed by atoms with Crippen molar-refractivity contribution in [1.29, 1.82) is 0 Å². The Morgan fingerprint density at radius 1 is 1.44 bits per heavy atom. The van der Waals surface area contributed by atoms with Crippen LogP contribution in [0.4, 0.5) is 19.0 Å². The van der Waals surface area contributed by atoms with Crippen LogP contribution in [0.15, 0.2) is 6.33 Å². The standard InChI is InChI=1S/C9H13F3N4/c1-2-6-7(10)8(16-5-15-6)14-4-9(11,12)3-13/h5H,2-4,13H2,1H3,(H,14,15,16). The number of hydrogen-bond acceptors (Lipinski definition) is 4. The fraction of sp³-hybridized carbons (Fsp3) is 0.556. The molecule has 1 heterocycles. The highest BCUT2D eigenvalue weighted by Crippen LogP contribution is 2.16. The summed E-state index contributed by atoms with van der Waals surface area (Å²) in [4.78, 5) is 7.24. The first-order valence-corrected chi connectivity index (χ1v) is 4.81. The van der Waals surface area contributed by atoms with Crippen LogP contribution in [0.5, 0.6) is 0 Å². The van der Waals surface area contributed by atoms with Crippen molar-refractivity contribution in [3.63, 3.8) is 0 Å². The van der Waals surface area contributed by atoms with Crippen LogP contribution in [0.3, 0.4) is 0 Å². The average molecular weight is 234 g/mol. The molecule has 4 nitrogen and oxygen atoms in total. The quantitative estimate of drug-likeness (QED) is 0.803. The van der Waals surface area contributed by atoms with E-state index in [4.69, 9.17) is 5.73 Å². The number of halogens is 3. The molecule has 90 valence electrons. The van der Waals surface area contributed by atoms with Gasteiger partial charge in [-0.25, -0.2) is 23.1 Å². The summed E-state index contributed by atoms with van der Waals surface area (Å²) in [6.45, 7) is 0.164. The third-order valence-corrected chi connectivity index (χ3v) is 2.01. The summed E-state index contributed by atoms with van der Waals surface area (Å²) in [5.74, 6) is -4.00. The van der Waals surface area contributed by atoms with Crippen molar-refractivity contribution in [2.45, 2.75) is 19.3 Å². The zero-order chi connectivity index (χ0) is 12.2. The van der Waals surface area contributed by atoms with Gasteiger partial charge in [0.1, 0.15) is 6.33 Å². The molecule has 0 aliphatic heterocycles. The van der Waals surface area contributed by atoms with Crippen molar-refractivity contribution in [1.82, 2.24) is 9.97 Å². The molecule has 0 bridgehead atoms. The van der Waals surface area contributed by atoms with Crippen LogP contribution in [0, 0.1) is 5.82 Å². The Labute approximate surface area is 91.1 Å². The van der Waals surface area contributed by atoms with Crippen LogP contribution in [0.2, 0.25) is 0 Å². The number of nitrogens with two attached hydrogens (primary N) is 1. The third kappa shape index (κ3) is 3.06. The minimum atomic E-state index is -3.08. The molecule has 3 N–H and O–H groups in total. The fourth-order valence-corrected chi connectivity index (χ4v) is 1.06. The minimum absolute atomic E-state index is 0.188. The zero-order valence-corrected chi connectivity index (χ0v) is 8.80. The second-order valence-corrected chi connectivity index (χ2v) is 3.25. The van der Waals surface area contributed by atoms with Crippen LogP contribution in [-0.2, 0) is 6.42 Å².